The minimum Gasteiger partial charge on any atom is -0.872 e. The van der Waals surface area contributed by atoms with Crippen LogP contribution in [0.1, 0.15) is 5.56 Å². The van der Waals surface area contributed by atoms with Crippen molar-refractivity contribution in [3.63, 3.8) is 0 Å². The summed E-state index contributed by atoms with van der Waals surface area (Å²) in [6.07, 6.45) is 10.00. The van der Waals surface area contributed by atoms with Crippen molar-refractivity contribution < 1.29 is 27.1 Å². The molecule has 0 spiro atoms. The Bertz CT molecular complexity index is 740. The third kappa shape index (κ3) is 6.16. The van der Waals surface area contributed by atoms with Crippen LogP contribution in [0.15, 0.2) is 96.3 Å². The number of benzene rings is 1. The third-order valence-electron chi connectivity index (χ3n) is 3.01. The van der Waals surface area contributed by atoms with E-state index in [0.29, 0.717) is 11.1 Å². The first kappa shape index (κ1) is 19.3. The van der Waals surface area contributed by atoms with Crippen molar-refractivity contribution in [2.24, 2.45) is 0 Å². The maximum Gasteiger partial charge on any atom is 2.00 e. The maximum absolute atomic E-state index is 11.7. The van der Waals surface area contributed by atoms with Gasteiger partial charge < -0.3 is 5.11 Å². The van der Waals surface area contributed by atoms with Crippen LogP contribution in [0.4, 0.5) is 5.69 Å². The Morgan fingerprint density at radius 1 is 1.08 bits per heavy atom. The molecule has 2 aromatic rings. The van der Waals surface area contributed by atoms with Gasteiger partial charge in [0.25, 0.3) is 5.69 Å². The van der Waals surface area contributed by atoms with Gasteiger partial charge in [-0.1, -0.05) is 48.6 Å². The van der Waals surface area contributed by atoms with Crippen molar-refractivity contribution in [2.45, 2.75) is 0 Å². The van der Waals surface area contributed by atoms with E-state index in [2.05, 4.69) is 0 Å². The molecule has 3 rings (SSSR count). The van der Waals surface area contributed by atoms with Crippen LogP contribution in [0.2, 0.25) is 0 Å². The van der Waals surface area contributed by atoms with Gasteiger partial charge in [0.15, 0.2) is 0 Å². The molecule has 0 unspecified atom stereocenters. The molecule has 5 heteroatoms. The fraction of sp³-hybridized carbons (Fsp3) is 0. The summed E-state index contributed by atoms with van der Waals surface area (Å²) in [5.41, 5.74) is 1.25. The quantitative estimate of drug-likeness (QED) is 0.275. The second-order valence-corrected chi connectivity index (χ2v) is 4.69. The maximum atomic E-state index is 11.7. The molecule has 0 heterocycles. The SMILES string of the molecule is O=[N+]([O-])c1cccc(/C=C/C([O-])=C2C=CC=C2)c1.[Fe+2].c1cc[cH-]c1. The molecule has 0 saturated heterocycles. The number of non-ortho nitro benzene ring substituents is 1. The average molecular weight is 361 g/mol. The van der Waals surface area contributed by atoms with E-state index in [9.17, 15) is 15.2 Å². The molecule has 0 amide bonds. The molecule has 0 atom stereocenters. The van der Waals surface area contributed by atoms with Gasteiger partial charge in [0.2, 0.25) is 0 Å². The predicted molar refractivity (Wildman–Crippen MR) is 89.5 cm³/mol. The molecular formula is C19H15FeNO3. The number of nitro benzene ring substituents is 1. The van der Waals surface area contributed by atoms with Crippen molar-refractivity contribution in [3.8, 4) is 0 Å². The Morgan fingerprint density at radius 2 is 1.75 bits per heavy atom. The van der Waals surface area contributed by atoms with Crippen LogP contribution in [-0.2, 0) is 17.1 Å². The summed E-state index contributed by atoms with van der Waals surface area (Å²) >= 11 is 0. The smallest absolute Gasteiger partial charge is 0.872 e. The van der Waals surface area contributed by atoms with Crippen molar-refractivity contribution >= 4 is 11.8 Å². The van der Waals surface area contributed by atoms with Crippen LogP contribution in [0.3, 0.4) is 0 Å². The minimum absolute atomic E-state index is 0. The van der Waals surface area contributed by atoms with Crippen LogP contribution < -0.4 is 5.11 Å². The van der Waals surface area contributed by atoms with Crippen LogP contribution in [0.25, 0.3) is 6.08 Å². The molecule has 2 aromatic carbocycles. The van der Waals surface area contributed by atoms with Crippen LogP contribution >= 0.6 is 0 Å². The predicted octanol–water partition coefficient (Wildman–Crippen LogP) is 3.75. The van der Waals surface area contributed by atoms with Crippen molar-refractivity contribution in [3.05, 3.63) is 112 Å². The normalized spacial score (nSPS) is 11.8. The fourth-order valence-electron chi connectivity index (χ4n) is 1.87. The third-order valence-corrected chi connectivity index (χ3v) is 3.01. The number of nitro groups is 1. The van der Waals surface area contributed by atoms with Crippen LogP contribution in [0.5, 0.6) is 0 Å². The number of hydrogen-bond donors (Lipinski definition) is 0. The summed E-state index contributed by atoms with van der Waals surface area (Å²) in [4.78, 5) is 10.1. The first-order valence-electron chi connectivity index (χ1n) is 7.02. The Kier molecular flexibility index (Phi) is 8.12. The molecule has 4 nitrogen and oxygen atoms in total. The Labute approximate surface area is 151 Å². The van der Waals surface area contributed by atoms with Gasteiger partial charge in [-0.05, 0) is 11.1 Å². The summed E-state index contributed by atoms with van der Waals surface area (Å²) in [6, 6.07) is 16.1. The molecule has 0 N–H and O–H groups in total. The average Bonchev–Trinajstić information content (AvgIpc) is 3.28. The largest absolute Gasteiger partial charge is 2.00 e. The molecule has 0 bridgehead atoms. The van der Waals surface area contributed by atoms with Gasteiger partial charge in [0.05, 0.1) is 4.92 Å². The van der Waals surface area contributed by atoms with Crippen LogP contribution in [-0.4, -0.2) is 4.92 Å². The van der Waals surface area contributed by atoms with E-state index in [1.165, 1.54) is 18.2 Å². The van der Waals surface area contributed by atoms with Gasteiger partial charge in [-0.15, -0.1) is 5.76 Å². The van der Waals surface area contributed by atoms with Gasteiger partial charge in [0, 0.05) is 12.1 Å². The second kappa shape index (κ2) is 10.1. The van der Waals surface area contributed by atoms with Gasteiger partial charge in [-0.3, -0.25) is 10.1 Å². The van der Waals surface area contributed by atoms with Gasteiger partial charge in [-0.2, -0.15) is 18.2 Å². The van der Waals surface area contributed by atoms with Crippen molar-refractivity contribution in [1.82, 2.24) is 0 Å². The molecule has 0 saturated carbocycles. The molecule has 122 valence electrons. The number of allylic oxidation sites excluding steroid dienone is 6. The Balaban J connectivity index is 0.000000412. The molecule has 0 radical (unpaired) electrons. The van der Waals surface area contributed by atoms with E-state index in [1.807, 2.05) is 30.3 Å². The van der Waals surface area contributed by atoms with E-state index >= 15 is 0 Å². The van der Waals surface area contributed by atoms with Gasteiger partial charge in [0.1, 0.15) is 0 Å². The molecule has 1 aliphatic carbocycles. The standard InChI is InChI=1S/C14H11NO3.C5H5.Fe/c16-14(12-5-1-2-6-12)9-8-11-4-3-7-13(10-11)15(17)18;1-2-4-5-3-1;/h1-10,16H;1-5H;/q;-1;+2/p-1/b9-8+;;. The molecule has 0 aliphatic heterocycles. The van der Waals surface area contributed by atoms with E-state index in [0.717, 1.165) is 0 Å². The number of nitrogens with zero attached hydrogens (tertiary/aromatic N) is 1. The van der Waals surface area contributed by atoms with E-state index < -0.39 is 4.92 Å². The zero-order valence-electron chi connectivity index (χ0n) is 12.7. The second-order valence-electron chi connectivity index (χ2n) is 4.69. The van der Waals surface area contributed by atoms with E-state index in [-0.39, 0.29) is 28.5 Å². The number of hydrogen-bond acceptors (Lipinski definition) is 3. The molecule has 0 fully saturated rings. The molecule has 0 aromatic heterocycles. The number of rotatable bonds is 3. The fourth-order valence-corrected chi connectivity index (χ4v) is 1.87. The summed E-state index contributed by atoms with van der Waals surface area (Å²) in [6.45, 7) is 0. The topological polar surface area (TPSA) is 66.2 Å². The summed E-state index contributed by atoms with van der Waals surface area (Å²) in [5, 5.41) is 22.3. The van der Waals surface area contributed by atoms with Gasteiger partial charge in [-0.25, -0.2) is 12.1 Å². The van der Waals surface area contributed by atoms with E-state index in [1.54, 1.807) is 42.5 Å². The first-order valence-corrected chi connectivity index (χ1v) is 7.02. The summed E-state index contributed by atoms with van der Waals surface area (Å²) in [7, 11) is 0. The molecular weight excluding hydrogens is 346 g/mol. The molecule has 1 aliphatic rings. The Morgan fingerprint density at radius 3 is 2.29 bits per heavy atom. The Hall–Kier alpha value is -2.75. The summed E-state index contributed by atoms with van der Waals surface area (Å²) in [5.74, 6) is -0.119. The zero-order valence-corrected chi connectivity index (χ0v) is 13.8. The first-order chi connectivity index (χ1) is 11.2. The monoisotopic (exact) mass is 361 g/mol. The zero-order chi connectivity index (χ0) is 16.5. The minimum atomic E-state index is -0.462. The van der Waals surface area contributed by atoms with Crippen molar-refractivity contribution in [2.75, 3.05) is 0 Å². The van der Waals surface area contributed by atoms with Gasteiger partial charge >= 0.3 is 17.1 Å². The van der Waals surface area contributed by atoms with E-state index in [4.69, 9.17) is 0 Å². The van der Waals surface area contributed by atoms with Crippen molar-refractivity contribution in [1.29, 1.82) is 0 Å². The van der Waals surface area contributed by atoms with Crippen LogP contribution in [0, 0.1) is 10.1 Å². The molecule has 24 heavy (non-hydrogen) atoms. The summed E-state index contributed by atoms with van der Waals surface area (Å²) < 4.78 is 0.